The highest BCUT2D eigenvalue weighted by Crippen LogP contribution is 2.38. The van der Waals surface area contributed by atoms with Crippen molar-refractivity contribution in [1.29, 1.82) is 0 Å². The first kappa shape index (κ1) is 25.6. The Morgan fingerprint density at radius 1 is 0.853 bits per heavy atom. The molecule has 0 fully saturated rings. The minimum Gasteiger partial charge on any atom is -0.369 e. The molecule has 1 aliphatic heterocycles. The standard InChI is InChI=1S/C16H23NO2.C12H14N2O/c1-15(2,3)10-7-8-11-12(9-10)14(19)17(13(11)18)16(4,5)6;1-12(2,3)9-4-5-10-8(6-9)7-13-14-11(10)15/h7-9,14,19H,1-6H3;4-7H,1-3H3,(H,14,15). The van der Waals surface area contributed by atoms with E-state index in [1.807, 2.05) is 57.2 Å². The molecule has 1 aliphatic rings. The molecule has 0 spiro atoms. The summed E-state index contributed by atoms with van der Waals surface area (Å²) in [5.41, 5.74) is 3.27. The van der Waals surface area contributed by atoms with Crippen LogP contribution in [0, 0.1) is 0 Å². The molecule has 6 heteroatoms. The van der Waals surface area contributed by atoms with Gasteiger partial charge in [0, 0.05) is 22.1 Å². The molecular formula is C28H37N3O3. The highest BCUT2D eigenvalue weighted by molar-refractivity contribution is 5.99. The zero-order chi connectivity index (χ0) is 25.6. The number of fused-ring (bicyclic) bond motifs is 2. The molecule has 3 aromatic rings. The minimum absolute atomic E-state index is 0.00689. The van der Waals surface area contributed by atoms with Gasteiger partial charge in [-0.05, 0) is 67.0 Å². The Bertz CT molecular complexity index is 1270. The molecule has 2 heterocycles. The Kier molecular flexibility index (Phi) is 6.53. The van der Waals surface area contributed by atoms with Crippen molar-refractivity contribution in [3.8, 4) is 0 Å². The number of nitrogens with one attached hydrogen (secondary N) is 1. The number of aromatic nitrogens is 2. The van der Waals surface area contributed by atoms with Crippen molar-refractivity contribution in [1.82, 2.24) is 15.1 Å². The van der Waals surface area contributed by atoms with Gasteiger partial charge in [0.1, 0.15) is 0 Å². The van der Waals surface area contributed by atoms with Gasteiger partial charge in [-0.15, -0.1) is 0 Å². The van der Waals surface area contributed by atoms with Crippen LogP contribution >= 0.6 is 0 Å². The average molecular weight is 464 g/mol. The number of nitrogens with zero attached hydrogens (tertiary/aromatic N) is 2. The number of hydrogen-bond acceptors (Lipinski definition) is 4. The Morgan fingerprint density at radius 3 is 1.97 bits per heavy atom. The van der Waals surface area contributed by atoms with Gasteiger partial charge in [-0.25, -0.2) is 5.10 Å². The van der Waals surface area contributed by atoms with E-state index in [2.05, 4.69) is 51.7 Å². The lowest BCUT2D eigenvalue weighted by molar-refractivity contribution is -0.0228. The van der Waals surface area contributed by atoms with Gasteiger partial charge in [0.2, 0.25) is 0 Å². The van der Waals surface area contributed by atoms with E-state index in [0.29, 0.717) is 10.9 Å². The van der Waals surface area contributed by atoms with E-state index in [1.54, 1.807) is 11.1 Å². The molecule has 0 aliphatic carbocycles. The topological polar surface area (TPSA) is 86.3 Å². The van der Waals surface area contributed by atoms with E-state index < -0.39 is 11.8 Å². The van der Waals surface area contributed by atoms with Crippen molar-refractivity contribution in [2.45, 2.75) is 84.9 Å². The van der Waals surface area contributed by atoms with Crippen molar-refractivity contribution in [2.24, 2.45) is 0 Å². The lowest BCUT2D eigenvalue weighted by Gasteiger charge is -2.34. The van der Waals surface area contributed by atoms with Crippen LogP contribution in [0.2, 0.25) is 0 Å². The van der Waals surface area contributed by atoms with Crippen LogP contribution in [-0.4, -0.2) is 31.6 Å². The molecule has 1 unspecified atom stereocenters. The fraction of sp³-hybridized carbons (Fsp3) is 0.464. The van der Waals surface area contributed by atoms with Gasteiger partial charge in [-0.3, -0.25) is 9.59 Å². The zero-order valence-electron chi connectivity index (χ0n) is 21.8. The predicted molar refractivity (Wildman–Crippen MR) is 137 cm³/mol. The van der Waals surface area contributed by atoms with E-state index in [4.69, 9.17) is 0 Å². The second kappa shape index (κ2) is 8.66. The second-order valence-corrected chi connectivity index (χ2v) is 12.0. The van der Waals surface area contributed by atoms with Gasteiger partial charge in [-0.1, -0.05) is 53.7 Å². The SMILES string of the molecule is CC(C)(C)c1ccc2c(=O)[nH]ncc2c1.CC(C)(C)c1ccc2c(c1)C(O)N(C(C)(C)C)C2=O. The number of benzene rings is 2. The molecule has 0 radical (unpaired) electrons. The van der Waals surface area contributed by atoms with E-state index >= 15 is 0 Å². The zero-order valence-corrected chi connectivity index (χ0v) is 21.8. The summed E-state index contributed by atoms with van der Waals surface area (Å²) in [6.45, 7) is 18.6. The van der Waals surface area contributed by atoms with Gasteiger partial charge in [0.15, 0.2) is 6.23 Å². The number of aliphatic hydroxyl groups is 1. The molecule has 1 aromatic heterocycles. The van der Waals surface area contributed by atoms with E-state index in [0.717, 1.165) is 16.5 Å². The summed E-state index contributed by atoms with van der Waals surface area (Å²) in [4.78, 5) is 25.3. The van der Waals surface area contributed by atoms with E-state index in [1.165, 1.54) is 5.56 Å². The Labute approximate surface area is 202 Å². The fourth-order valence-electron chi connectivity index (χ4n) is 4.05. The third-order valence-corrected chi connectivity index (χ3v) is 6.14. The summed E-state index contributed by atoms with van der Waals surface area (Å²) in [6, 6.07) is 11.7. The number of aromatic amines is 1. The molecular weight excluding hydrogens is 426 g/mol. The van der Waals surface area contributed by atoms with Gasteiger partial charge >= 0.3 is 0 Å². The van der Waals surface area contributed by atoms with Crippen molar-refractivity contribution in [3.63, 3.8) is 0 Å². The van der Waals surface area contributed by atoms with Gasteiger partial charge < -0.3 is 10.0 Å². The summed E-state index contributed by atoms with van der Waals surface area (Å²) in [5, 5.41) is 18.3. The van der Waals surface area contributed by atoms with E-state index in [9.17, 15) is 14.7 Å². The molecule has 182 valence electrons. The van der Waals surface area contributed by atoms with Crippen LogP contribution in [0.5, 0.6) is 0 Å². The van der Waals surface area contributed by atoms with Gasteiger partial charge in [-0.2, -0.15) is 5.10 Å². The highest BCUT2D eigenvalue weighted by atomic mass is 16.3. The van der Waals surface area contributed by atoms with Crippen molar-refractivity contribution in [3.05, 3.63) is 75.2 Å². The molecule has 2 N–H and O–H groups in total. The number of aliphatic hydroxyl groups excluding tert-OH is 1. The Morgan fingerprint density at radius 2 is 1.41 bits per heavy atom. The maximum atomic E-state index is 12.4. The number of amides is 1. The fourth-order valence-corrected chi connectivity index (χ4v) is 4.05. The largest absolute Gasteiger partial charge is 0.369 e. The lowest BCUT2D eigenvalue weighted by atomic mass is 9.85. The third-order valence-electron chi connectivity index (χ3n) is 6.14. The lowest BCUT2D eigenvalue weighted by Crippen LogP contribution is -2.43. The summed E-state index contributed by atoms with van der Waals surface area (Å²) in [6.07, 6.45) is 0.844. The molecule has 34 heavy (non-hydrogen) atoms. The van der Waals surface area contributed by atoms with Crippen molar-refractivity contribution >= 4 is 16.7 Å². The maximum Gasteiger partial charge on any atom is 0.272 e. The first-order chi connectivity index (χ1) is 15.5. The Balaban J connectivity index is 0.000000196. The molecule has 0 bridgehead atoms. The normalized spacial score (nSPS) is 16.4. The predicted octanol–water partition coefficient (Wildman–Crippen LogP) is 5.45. The monoisotopic (exact) mass is 463 g/mol. The van der Waals surface area contributed by atoms with Gasteiger partial charge in [0.25, 0.3) is 11.5 Å². The summed E-state index contributed by atoms with van der Waals surface area (Å²) in [7, 11) is 0. The molecule has 1 amide bonds. The smallest absolute Gasteiger partial charge is 0.272 e. The third kappa shape index (κ3) is 5.07. The summed E-state index contributed by atoms with van der Waals surface area (Å²) >= 11 is 0. The van der Waals surface area contributed by atoms with Crippen molar-refractivity contribution in [2.75, 3.05) is 0 Å². The van der Waals surface area contributed by atoms with Crippen LogP contribution in [0.4, 0.5) is 0 Å². The van der Waals surface area contributed by atoms with E-state index in [-0.39, 0.29) is 22.3 Å². The van der Waals surface area contributed by atoms with Crippen LogP contribution < -0.4 is 5.56 Å². The van der Waals surface area contributed by atoms with Crippen LogP contribution in [0.25, 0.3) is 10.8 Å². The average Bonchev–Trinajstić information content (AvgIpc) is 2.97. The highest BCUT2D eigenvalue weighted by Gasteiger charge is 2.41. The maximum absolute atomic E-state index is 12.4. The first-order valence-electron chi connectivity index (χ1n) is 11.7. The summed E-state index contributed by atoms with van der Waals surface area (Å²) < 4.78 is 0. The number of carbonyl (C=O) groups is 1. The molecule has 2 aromatic carbocycles. The van der Waals surface area contributed by atoms with Crippen LogP contribution in [0.1, 0.15) is 95.6 Å². The minimum atomic E-state index is -0.843. The number of rotatable bonds is 0. The first-order valence-corrected chi connectivity index (χ1v) is 11.7. The van der Waals surface area contributed by atoms with Crippen LogP contribution in [0.3, 0.4) is 0 Å². The molecule has 4 rings (SSSR count). The molecule has 1 atom stereocenters. The quantitative estimate of drug-likeness (QED) is 0.464. The second-order valence-electron chi connectivity index (χ2n) is 12.0. The van der Waals surface area contributed by atoms with Gasteiger partial charge in [0.05, 0.1) is 11.6 Å². The summed E-state index contributed by atoms with van der Waals surface area (Å²) in [5.74, 6) is -0.0875. The molecule has 0 saturated carbocycles. The van der Waals surface area contributed by atoms with Crippen molar-refractivity contribution < 1.29 is 9.90 Å². The molecule has 0 saturated heterocycles. The number of H-pyrrole nitrogens is 1. The number of carbonyl (C=O) groups excluding carboxylic acids is 1. The Hall–Kier alpha value is -2.99. The van der Waals surface area contributed by atoms with Crippen LogP contribution in [-0.2, 0) is 10.8 Å². The number of hydrogen-bond donors (Lipinski definition) is 2. The van der Waals surface area contributed by atoms with Crippen LogP contribution in [0.15, 0.2) is 47.4 Å². The molecule has 6 nitrogen and oxygen atoms in total.